The van der Waals surface area contributed by atoms with Crippen LogP contribution in [0.15, 0.2) is 29.3 Å². The van der Waals surface area contributed by atoms with Gasteiger partial charge in [-0.05, 0) is 31.2 Å². The van der Waals surface area contributed by atoms with Crippen molar-refractivity contribution >= 4 is 34.2 Å². The van der Waals surface area contributed by atoms with Crippen LogP contribution in [0.3, 0.4) is 0 Å². The van der Waals surface area contributed by atoms with Gasteiger partial charge in [0, 0.05) is 38.9 Å². The highest BCUT2D eigenvalue weighted by Crippen LogP contribution is 2.32. The van der Waals surface area contributed by atoms with Crippen LogP contribution in [-0.4, -0.2) is 78.9 Å². The summed E-state index contributed by atoms with van der Waals surface area (Å²) in [5, 5.41) is 0. The van der Waals surface area contributed by atoms with E-state index in [1.807, 2.05) is 24.4 Å². The number of carbonyl (C=O) groups is 1. The zero-order valence-electron chi connectivity index (χ0n) is 15.9. The summed E-state index contributed by atoms with van der Waals surface area (Å²) < 4.78 is 11.2. The maximum absolute atomic E-state index is 12.8. The summed E-state index contributed by atoms with van der Waals surface area (Å²) in [6, 6.07) is 5.81. The van der Waals surface area contributed by atoms with Crippen molar-refractivity contribution in [3.63, 3.8) is 0 Å². The number of hydrogen-bond acceptors (Lipinski definition) is 7. The lowest BCUT2D eigenvalue weighted by Crippen LogP contribution is -2.42. The fraction of sp³-hybridized carbons (Fsp3) is 0.474. The van der Waals surface area contributed by atoms with E-state index in [0.717, 1.165) is 36.6 Å². The van der Waals surface area contributed by atoms with E-state index >= 15 is 0 Å². The second-order valence-corrected chi connectivity index (χ2v) is 8.27. The van der Waals surface area contributed by atoms with Crippen molar-refractivity contribution in [2.45, 2.75) is 6.42 Å². The number of methoxy groups -OCH3 is 2. The van der Waals surface area contributed by atoms with E-state index in [1.54, 1.807) is 19.1 Å². The Labute approximate surface area is 170 Å². The number of ether oxygens (including phenoxy) is 2. The molecule has 0 saturated carbocycles. The molecule has 6 nitrogen and oxygen atoms in total. The lowest BCUT2D eigenvalue weighted by Gasteiger charge is -2.31. The molecule has 2 fully saturated rings. The molecule has 0 N–H and O–H groups in total. The summed E-state index contributed by atoms with van der Waals surface area (Å²) in [5.74, 6) is 1.39. The molecule has 2 aliphatic rings. The van der Waals surface area contributed by atoms with Gasteiger partial charge in [0.25, 0.3) is 5.91 Å². The monoisotopic (exact) mass is 407 g/mol. The number of thiocarbonyl (C=S) groups is 1. The maximum Gasteiger partial charge on any atom is 0.267 e. The van der Waals surface area contributed by atoms with Crippen molar-refractivity contribution in [3.05, 3.63) is 34.9 Å². The van der Waals surface area contributed by atoms with Gasteiger partial charge in [0.2, 0.25) is 0 Å². The SMILES string of the molecule is COc1ccc(CCN2C(=O)C(=CN3CCN(C)CC3)SC2=S)cc1OC. The third-order valence-electron chi connectivity index (χ3n) is 4.78. The van der Waals surface area contributed by atoms with E-state index in [1.165, 1.54) is 11.8 Å². The maximum atomic E-state index is 12.8. The fourth-order valence-corrected chi connectivity index (χ4v) is 4.39. The summed E-state index contributed by atoms with van der Waals surface area (Å²) >= 11 is 6.83. The largest absolute Gasteiger partial charge is 0.493 e. The third-order valence-corrected chi connectivity index (χ3v) is 6.15. The molecular weight excluding hydrogens is 382 g/mol. The minimum Gasteiger partial charge on any atom is -0.493 e. The van der Waals surface area contributed by atoms with E-state index in [-0.39, 0.29) is 5.91 Å². The highest BCUT2D eigenvalue weighted by atomic mass is 32.2. The van der Waals surface area contributed by atoms with E-state index in [9.17, 15) is 4.79 Å². The van der Waals surface area contributed by atoms with E-state index < -0.39 is 0 Å². The van der Waals surface area contributed by atoms with Crippen LogP contribution in [0.25, 0.3) is 0 Å². The number of rotatable bonds is 6. The Balaban J connectivity index is 1.62. The van der Waals surface area contributed by atoms with Gasteiger partial charge in [-0.3, -0.25) is 9.69 Å². The van der Waals surface area contributed by atoms with Crippen LogP contribution >= 0.6 is 24.0 Å². The Morgan fingerprint density at radius 3 is 2.52 bits per heavy atom. The Kier molecular flexibility index (Phi) is 6.62. The minimum absolute atomic E-state index is 0.00408. The summed E-state index contributed by atoms with van der Waals surface area (Å²) in [5.41, 5.74) is 1.07. The zero-order chi connectivity index (χ0) is 19.4. The summed E-state index contributed by atoms with van der Waals surface area (Å²) in [6.07, 6.45) is 2.68. The molecular formula is C19H25N3O3S2. The average Bonchev–Trinajstić information content (AvgIpc) is 2.94. The van der Waals surface area contributed by atoms with Gasteiger partial charge in [-0.1, -0.05) is 30.0 Å². The fourth-order valence-electron chi connectivity index (χ4n) is 3.08. The number of piperazine rings is 1. The minimum atomic E-state index is 0.00408. The number of likely N-dealkylation sites (N-methyl/N-ethyl adjacent to an activating group) is 1. The second-order valence-electron chi connectivity index (χ2n) is 6.60. The summed E-state index contributed by atoms with van der Waals surface area (Å²) in [4.78, 5) is 19.7. The smallest absolute Gasteiger partial charge is 0.267 e. The van der Waals surface area contributed by atoms with Crippen LogP contribution in [0, 0.1) is 0 Å². The van der Waals surface area contributed by atoms with Crippen LogP contribution in [0.1, 0.15) is 5.56 Å². The van der Waals surface area contributed by atoms with Crippen LogP contribution in [0.4, 0.5) is 0 Å². The molecule has 0 atom stereocenters. The first-order valence-corrected chi connectivity index (χ1v) is 10.1. The van der Waals surface area contributed by atoms with E-state index in [0.29, 0.717) is 28.8 Å². The molecule has 0 aliphatic carbocycles. The third kappa shape index (κ3) is 4.75. The highest BCUT2D eigenvalue weighted by Gasteiger charge is 2.32. The van der Waals surface area contributed by atoms with Crippen molar-refractivity contribution in [3.8, 4) is 11.5 Å². The van der Waals surface area contributed by atoms with Gasteiger partial charge >= 0.3 is 0 Å². The van der Waals surface area contributed by atoms with E-state index in [4.69, 9.17) is 21.7 Å². The Morgan fingerprint density at radius 1 is 1.15 bits per heavy atom. The molecule has 1 amide bonds. The molecule has 0 radical (unpaired) electrons. The van der Waals surface area contributed by atoms with Crippen molar-refractivity contribution in [1.29, 1.82) is 0 Å². The van der Waals surface area contributed by atoms with Crippen LogP contribution in [0.5, 0.6) is 11.5 Å². The zero-order valence-corrected chi connectivity index (χ0v) is 17.6. The predicted octanol–water partition coefficient (Wildman–Crippen LogP) is 2.20. The number of amides is 1. The van der Waals surface area contributed by atoms with Gasteiger partial charge in [-0.2, -0.15) is 0 Å². The normalized spacial score (nSPS) is 19.9. The molecule has 8 heteroatoms. The molecule has 2 aliphatic heterocycles. The number of nitrogens with zero attached hydrogens (tertiary/aromatic N) is 3. The lowest BCUT2D eigenvalue weighted by atomic mass is 10.1. The average molecular weight is 408 g/mol. The van der Waals surface area contributed by atoms with Crippen molar-refractivity contribution in [2.24, 2.45) is 0 Å². The van der Waals surface area contributed by atoms with Crippen molar-refractivity contribution < 1.29 is 14.3 Å². The lowest BCUT2D eigenvalue weighted by molar-refractivity contribution is -0.122. The first-order chi connectivity index (χ1) is 13.0. The quantitative estimate of drug-likeness (QED) is 0.529. The molecule has 146 valence electrons. The van der Waals surface area contributed by atoms with Crippen LogP contribution in [-0.2, 0) is 11.2 Å². The first-order valence-electron chi connectivity index (χ1n) is 8.91. The molecule has 0 spiro atoms. The molecule has 0 unspecified atom stereocenters. The number of carbonyl (C=O) groups excluding carboxylic acids is 1. The first kappa shape index (κ1) is 20.0. The number of benzene rings is 1. The Hall–Kier alpha value is -1.77. The summed E-state index contributed by atoms with van der Waals surface area (Å²) in [7, 11) is 5.35. The molecule has 3 rings (SSSR count). The number of thioether (sulfide) groups is 1. The van der Waals surface area contributed by atoms with Crippen molar-refractivity contribution in [1.82, 2.24) is 14.7 Å². The van der Waals surface area contributed by atoms with Gasteiger partial charge in [-0.15, -0.1) is 0 Å². The van der Waals surface area contributed by atoms with Gasteiger partial charge in [-0.25, -0.2) is 0 Å². The molecule has 27 heavy (non-hydrogen) atoms. The number of hydrogen-bond donors (Lipinski definition) is 0. The standard InChI is InChI=1S/C19H25N3O3S2/c1-20-8-10-21(11-9-20)13-17-18(23)22(19(26)27-17)7-6-14-4-5-15(24-2)16(12-14)25-3/h4-5,12-13H,6-11H2,1-3H3. The molecule has 0 bridgehead atoms. The van der Waals surface area contributed by atoms with Gasteiger partial charge in [0.05, 0.1) is 19.1 Å². The Morgan fingerprint density at radius 2 is 1.85 bits per heavy atom. The highest BCUT2D eigenvalue weighted by molar-refractivity contribution is 8.26. The van der Waals surface area contributed by atoms with E-state index in [2.05, 4.69) is 16.8 Å². The van der Waals surface area contributed by atoms with Gasteiger partial charge < -0.3 is 19.3 Å². The molecule has 2 heterocycles. The van der Waals surface area contributed by atoms with Gasteiger partial charge in [0.15, 0.2) is 11.5 Å². The summed E-state index contributed by atoms with van der Waals surface area (Å²) in [6.45, 7) is 4.45. The van der Waals surface area contributed by atoms with Crippen molar-refractivity contribution in [2.75, 3.05) is 54.0 Å². The van der Waals surface area contributed by atoms with Gasteiger partial charge in [0.1, 0.15) is 4.32 Å². The topological polar surface area (TPSA) is 45.2 Å². The van der Waals surface area contributed by atoms with Crippen LogP contribution in [0.2, 0.25) is 0 Å². The molecule has 1 aromatic carbocycles. The molecule has 0 aromatic heterocycles. The predicted molar refractivity (Wildman–Crippen MR) is 112 cm³/mol. The second kappa shape index (κ2) is 8.95. The molecule has 2 saturated heterocycles. The molecule has 1 aromatic rings. The van der Waals surface area contributed by atoms with Crippen LogP contribution < -0.4 is 9.47 Å². The Bertz CT molecular complexity index is 746.